The summed E-state index contributed by atoms with van der Waals surface area (Å²) in [4.78, 5) is 12.3. The summed E-state index contributed by atoms with van der Waals surface area (Å²) in [6.07, 6.45) is 0. The molecule has 1 amide bonds. The average molecular weight is 353 g/mol. The molecule has 2 unspecified atom stereocenters. The van der Waals surface area contributed by atoms with Crippen LogP contribution in [0.2, 0.25) is 0 Å². The molecule has 116 valence electrons. The molecule has 0 aromatic heterocycles. The van der Waals surface area contributed by atoms with E-state index in [1.54, 1.807) is 6.07 Å². The Morgan fingerprint density at radius 1 is 1.43 bits per heavy atom. The van der Waals surface area contributed by atoms with Gasteiger partial charge in [-0.15, -0.1) is 23.4 Å². The largest absolute Gasteiger partial charge is 0.399 e. The first-order valence-corrected chi connectivity index (χ1v) is 9.32. The van der Waals surface area contributed by atoms with Gasteiger partial charge in [0, 0.05) is 10.6 Å². The van der Waals surface area contributed by atoms with Crippen molar-refractivity contribution in [2.24, 2.45) is 0 Å². The lowest BCUT2D eigenvalue weighted by Crippen LogP contribution is -2.41. The normalized spacial score (nSPS) is 23.9. The Kier molecular flexibility index (Phi) is 5.00. The standard InChI is InChI=1S/C12H14ClFN2O3S2/c13-10-5-21(18,19)6-11(10)16-12(17)4-20-9-2-7(14)1-8(15)3-9/h1-3,10-11H,4-6,15H2,(H,16,17). The fraction of sp³-hybridized carbons (Fsp3) is 0.417. The van der Waals surface area contributed by atoms with Crippen molar-refractivity contribution in [2.75, 3.05) is 23.0 Å². The summed E-state index contributed by atoms with van der Waals surface area (Å²) in [5, 5.41) is 1.97. The highest BCUT2D eigenvalue weighted by molar-refractivity contribution is 8.00. The zero-order chi connectivity index (χ0) is 15.6. The second kappa shape index (κ2) is 6.41. The minimum atomic E-state index is -3.19. The second-order valence-corrected chi connectivity index (χ2v) is 8.54. The molecule has 1 fully saturated rings. The first kappa shape index (κ1) is 16.4. The summed E-state index contributed by atoms with van der Waals surface area (Å²) in [7, 11) is -3.19. The van der Waals surface area contributed by atoms with Crippen molar-refractivity contribution in [1.29, 1.82) is 0 Å². The Bertz CT molecular complexity index is 634. The lowest BCUT2D eigenvalue weighted by atomic mass is 10.2. The summed E-state index contributed by atoms with van der Waals surface area (Å²) in [6, 6.07) is 3.44. The number of nitrogens with two attached hydrogens (primary N) is 1. The SMILES string of the molecule is Nc1cc(F)cc(SCC(=O)NC2CS(=O)(=O)CC2Cl)c1. The van der Waals surface area contributed by atoms with Crippen molar-refractivity contribution in [3.05, 3.63) is 24.0 Å². The van der Waals surface area contributed by atoms with E-state index < -0.39 is 27.1 Å². The van der Waals surface area contributed by atoms with Gasteiger partial charge in [-0.1, -0.05) is 0 Å². The van der Waals surface area contributed by atoms with Crippen LogP contribution >= 0.6 is 23.4 Å². The maximum absolute atomic E-state index is 13.1. The first-order valence-electron chi connectivity index (χ1n) is 6.08. The number of nitrogens with one attached hydrogen (secondary N) is 1. The average Bonchev–Trinajstić information content (AvgIpc) is 2.58. The number of hydrogen-bond acceptors (Lipinski definition) is 5. The van der Waals surface area contributed by atoms with Crippen molar-refractivity contribution in [2.45, 2.75) is 16.3 Å². The molecule has 1 saturated heterocycles. The van der Waals surface area contributed by atoms with E-state index in [0.29, 0.717) is 4.90 Å². The van der Waals surface area contributed by atoms with Gasteiger partial charge in [0.1, 0.15) is 5.82 Å². The summed E-state index contributed by atoms with van der Waals surface area (Å²) in [5.41, 5.74) is 5.79. The lowest BCUT2D eigenvalue weighted by Gasteiger charge is -2.14. The van der Waals surface area contributed by atoms with Gasteiger partial charge in [0.25, 0.3) is 0 Å². The Labute approximate surface area is 131 Å². The smallest absolute Gasteiger partial charge is 0.230 e. The van der Waals surface area contributed by atoms with E-state index >= 15 is 0 Å². The Hall–Kier alpha value is -0.990. The van der Waals surface area contributed by atoms with Gasteiger partial charge in [-0.25, -0.2) is 12.8 Å². The molecule has 1 aromatic carbocycles. The zero-order valence-electron chi connectivity index (χ0n) is 10.9. The van der Waals surface area contributed by atoms with E-state index in [1.807, 2.05) is 0 Å². The van der Waals surface area contributed by atoms with E-state index in [9.17, 15) is 17.6 Å². The van der Waals surface area contributed by atoms with Crippen LogP contribution in [-0.2, 0) is 14.6 Å². The third kappa shape index (κ3) is 4.76. The highest BCUT2D eigenvalue weighted by Gasteiger charge is 2.37. The molecule has 3 N–H and O–H groups in total. The van der Waals surface area contributed by atoms with Crippen molar-refractivity contribution >= 4 is 44.8 Å². The van der Waals surface area contributed by atoms with Crippen LogP contribution < -0.4 is 11.1 Å². The summed E-state index contributed by atoms with van der Waals surface area (Å²) in [5.74, 6) is -1.07. The van der Waals surface area contributed by atoms with Gasteiger partial charge in [-0.3, -0.25) is 4.79 Å². The third-order valence-corrected chi connectivity index (χ3v) is 6.24. The number of nitrogen functional groups attached to an aromatic ring is 1. The van der Waals surface area contributed by atoms with Crippen molar-refractivity contribution in [1.82, 2.24) is 5.32 Å². The number of alkyl halides is 1. The van der Waals surface area contributed by atoms with E-state index in [1.165, 1.54) is 12.1 Å². The summed E-state index contributed by atoms with van der Waals surface area (Å²) >= 11 is 7.02. The number of rotatable bonds is 4. The van der Waals surface area contributed by atoms with Crippen LogP contribution in [0.4, 0.5) is 10.1 Å². The molecule has 5 nitrogen and oxygen atoms in total. The highest BCUT2D eigenvalue weighted by Crippen LogP contribution is 2.22. The fourth-order valence-electron chi connectivity index (χ4n) is 2.00. The molecule has 2 atom stereocenters. The van der Waals surface area contributed by atoms with Crippen LogP contribution in [0.15, 0.2) is 23.1 Å². The number of anilines is 1. The molecule has 1 heterocycles. The van der Waals surface area contributed by atoms with Gasteiger partial charge in [-0.05, 0) is 18.2 Å². The van der Waals surface area contributed by atoms with E-state index in [4.69, 9.17) is 17.3 Å². The molecule has 0 spiro atoms. The van der Waals surface area contributed by atoms with Crippen LogP contribution in [0.1, 0.15) is 0 Å². The maximum Gasteiger partial charge on any atom is 0.230 e. The molecule has 1 aromatic rings. The number of benzene rings is 1. The minimum Gasteiger partial charge on any atom is -0.399 e. The number of carbonyl (C=O) groups is 1. The molecule has 0 bridgehead atoms. The lowest BCUT2D eigenvalue weighted by molar-refractivity contribution is -0.119. The Balaban J connectivity index is 1.88. The van der Waals surface area contributed by atoms with Crippen molar-refractivity contribution in [3.8, 4) is 0 Å². The molecule has 0 aliphatic carbocycles. The molecule has 9 heteroatoms. The van der Waals surface area contributed by atoms with Gasteiger partial charge in [0.05, 0.1) is 28.7 Å². The third-order valence-electron chi connectivity index (χ3n) is 2.89. The second-order valence-electron chi connectivity index (χ2n) is 4.78. The Morgan fingerprint density at radius 3 is 2.71 bits per heavy atom. The predicted molar refractivity (Wildman–Crippen MR) is 81.8 cm³/mol. The first-order chi connectivity index (χ1) is 9.75. The van der Waals surface area contributed by atoms with Gasteiger partial charge < -0.3 is 11.1 Å². The Morgan fingerprint density at radius 2 is 2.14 bits per heavy atom. The number of halogens is 2. The molecule has 1 aliphatic rings. The van der Waals surface area contributed by atoms with E-state index in [-0.39, 0.29) is 28.9 Å². The molecule has 0 radical (unpaired) electrons. The summed E-state index contributed by atoms with van der Waals surface area (Å²) < 4.78 is 35.9. The van der Waals surface area contributed by atoms with Crippen LogP contribution in [0.5, 0.6) is 0 Å². The quantitative estimate of drug-likeness (QED) is 0.480. The van der Waals surface area contributed by atoms with Crippen LogP contribution in [0.3, 0.4) is 0 Å². The monoisotopic (exact) mass is 352 g/mol. The van der Waals surface area contributed by atoms with Crippen molar-refractivity contribution < 1.29 is 17.6 Å². The number of sulfone groups is 1. The van der Waals surface area contributed by atoms with E-state index in [0.717, 1.165) is 11.8 Å². The predicted octanol–water partition coefficient (Wildman–Crippen LogP) is 1.02. The van der Waals surface area contributed by atoms with Crippen LogP contribution in [-0.4, -0.2) is 43.0 Å². The van der Waals surface area contributed by atoms with Gasteiger partial charge in [0.2, 0.25) is 5.91 Å². The highest BCUT2D eigenvalue weighted by atomic mass is 35.5. The van der Waals surface area contributed by atoms with Crippen molar-refractivity contribution in [3.63, 3.8) is 0 Å². The molecular weight excluding hydrogens is 339 g/mol. The molecule has 0 saturated carbocycles. The minimum absolute atomic E-state index is 0.0308. The number of thioether (sulfide) groups is 1. The van der Waals surface area contributed by atoms with Gasteiger partial charge in [0.15, 0.2) is 9.84 Å². The van der Waals surface area contributed by atoms with Crippen LogP contribution in [0.25, 0.3) is 0 Å². The maximum atomic E-state index is 13.1. The number of amides is 1. The number of hydrogen-bond donors (Lipinski definition) is 2. The number of carbonyl (C=O) groups excluding carboxylic acids is 1. The van der Waals surface area contributed by atoms with E-state index in [2.05, 4.69) is 5.32 Å². The topological polar surface area (TPSA) is 89.3 Å². The zero-order valence-corrected chi connectivity index (χ0v) is 13.3. The molecule has 2 rings (SSSR count). The molecule has 21 heavy (non-hydrogen) atoms. The summed E-state index contributed by atoms with van der Waals surface area (Å²) in [6.45, 7) is 0. The molecule has 1 aliphatic heterocycles. The van der Waals surface area contributed by atoms with Crippen LogP contribution in [0, 0.1) is 5.82 Å². The van der Waals surface area contributed by atoms with Gasteiger partial charge in [-0.2, -0.15) is 0 Å². The fourth-order valence-corrected chi connectivity index (χ4v) is 5.35. The molecular formula is C12H14ClFN2O3S2. The van der Waals surface area contributed by atoms with Gasteiger partial charge >= 0.3 is 0 Å².